The Morgan fingerprint density at radius 1 is 0.681 bits per heavy atom. The zero-order valence-corrected chi connectivity index (χ0v) is 27.5. The molecule has 4 aromatic carbocycles. The molecule has 3 aliphatic heterocycles. The molecule has 0 unspecified atom stereocenters. The van der Waals surface area contributed by atoms with Crippen molar-refractivity contribution >= 4 is 14.0 Å². The van der Waals surface area contributed by atoms with Crippen molar-refractivity contribution in [1.82, 2.24) is 10.6 Å². The number of ether oxygens (including phenoxy) is 3. The summed E-state index contributed by atoms with van der Waals surface area (Å²) in [6, 6.07) is 37.0. The standard InChI is InChI=1S/C37H41N2O7P/c1-37(2)43-33-31(22-26-12-6-3-7-13-26)38-36(40)39-32(34(33)44-37)23-27-18-20-30(21-19-27)41-25-47(42-24-28-14-8-4-9-15-28)45-35(46-47)29-16-10-5-11-17-29/h3-21,31-35,47H,22-25H2,1-2H3,(H2,38,39,40)/t31-,32-,33+,34+/m1/s1. The van der Waals surface area contributed by atoms with E-state index in [-0.39, 0.29) is 36.7 Å². The first-order chi connectivity index (χ1) is 22.8. The normalized spacial score (nSPS) is 26.5. The summed E-state index contributed by atoms with van der Waals surface area (Å²) in [6.07, 6.45) is 0.280. The first kappa shape index (κ1) is 31.8. The van der Waals surface area contributed by atoms with E-state index in [9.17, 15) is 4.79 Å². The number of amides is 2. The fourth-order valence-electron chi connectivity index (χ4n) is 6.36. The van der Waals surface area contributed by atoms with E-state index in [0.29, 0.717) is 25.2 Å². The number of urea groups is 1. The SMILES string of the molecule is CC1(C)O[C@@H]2[C@@H](O1)[C@@H](Cc1ccc(OC[PH]3(OCc4ccccc4)OC(c4ccccc4)O3)cc1)NC(=O)N[C@@H]2Cc1ccccc1. The van der Waals surface area contributed by atoms with Gasteiger partial charge in [-0.3, -0.25) is 0 Å². The number of hydrogen-bond donors (Lipinski definition) is 2. The molecule has 47 heavy (non-hydrogen) atoms. The molecule has 2 N–H and O–H groups in total. The summed E-state index contributed by atoms with van der Waals surface area (Å²) in [6.45, 7) is 4.21. The second kappa shape index (κ2) is 13.7. The third-order valence-corrected chi connectivity index (χ3v) is 10.9. The predicted octanol–water partition coefficient (Wildman–Crippen LogP) is 6.84. The van der Waals surface area contributed by atoms with Gasteiger partial charge in [-0.25, -0.2) is 0 Å². The van der Waals surface area contributed by atoms with Crippen molar-refractivity contribution in [2.24, 2.45) is 0 Å². The Bertz CT molecular complexity index is 1610. The zero-order valence-electron chi connectivity index (χ0n) is 26.5. The van der Waals surface area contributed by atoms with Crippen LogP contribution in [0.3, 0.4) is 0 Å². The van der Waals surface area contributed by atoms with E-state index in [1.807, 2.05) is 117 Å². The molecular formula is C37H41N2O7P. The summed E-state index contributed by atoms with van der Waals surface area (Å²) >= 11 is 0. The van der Waals surface area contributed by atoms with E-state index in [1.165, 1.54) is 0 Å². The van der Waals surface area contributed by atoms with E-state index in [4.69, 9.17) is 27.8 Å². The number of nitrogens with one attached hydrogen (secondary N) is 2. The van der Waals surface area contributed by atoms with Crippen LogP contribution in [0.1, 0.15) is 42.4 Å². The minimum atomic E-state index is -3.09. The van der Waals surface area contributed by atoms with Crippen LogP contribution in [-0.2, 0) is 42.5 Å². The van der Waals surface area contributed by atoms with E-state index >= 15 is 0 Å². The van der Waals surface area contributed by atoms with Gasteiger partial charge in [0.05, 0.1) is 0 Å². The third-order valence-electron chi connectivity index (χ3n) is 8.63. The van der Waals surface area contributed by atoms with Crippen molar-refractivity contribution in [3.8, 4) is 5.75 Å². The predicted molar refractivity (Wildman–Crippen MR) is 180 cm³/mol. The first-order valence-corrected chi connectivity index (χ1v) is 18.0. The minimum Gasteiger partial charge on any atom is -0.0622 e. The van der Waals surface area contributed by atoms with Crippen molar-refractivity contribution in [2.75, 3.05) is 6.35 Å². The molecule has 10 heteroatoms. The van der Waals surface area contributed by atoms with Gasteiger partial charge in [-0.15, -0.1) is 0 Å². The molecule has 4 atom stereocenters. The number of rotatable bonds is 11. The fraction of sp³-hybridized carbons (Fsp3) is 0.324. The molecule has 246 valence electrons. The van der Waals surface area contributed by atoms with Crippen LogP contribution in [0.25, 0.3) is 0 Å². The van der Waals surface area contributed by atoms with Gasteiger partial charge in [0.2, 0.25) is 0 Å². The molecule has 3 saturated heterocycles. The number of fused-ring (bicyclic) bond motifs is 1. The molecule has 0 aliphatic carbocycles. The molecule has 0 saturated carbocycles. The Hall–Kier alpha value is -3.82. The van der Waals surface area contributed by atoms with E-state index in [0.717, 1.165) is 22.3 Å². The monoisotopic (exact) mass is 656 g/mol. The molecule has 0 radical (unpaired) electrons. The summed E-state index contributed by atoms with van der Waals surface area (Å²) in [5.74, 6) is -0.0920. The molecule has 0 spiro atoms. The molecule has 2 amide bonds. The van der Waals surface area contributed by atoms with Crippen molar-refractivity contribution in [1.29, 1.82) is 0 Å². The average molecular weight is 657 g/mol. The van der Waals surface area contributed by atoms with Crippen LogP contribution in [0, 0.1) is 0 Å². The van der Waals surface area contributed by atoms with Gasteiger partial charge in [-0.1, -0.05) is 30.3 Å². The third kappa shape index (κ3) is 7.68. The zero-order chi connectivity index (χ0) is 32.3. The molecule has 9 nitrogen and oxygen atoms in total. The summed E-state index contributed by atoms with van der Waals surface area (Å²) in [5.41, 5.74) is 4.14. The number of carbonyl (C=O) groups excluding carboxylic acids is 1. The molecule has 7 rings (SSSR count). The Labute approximate surface area is 276 Å². The van der Waals surface area contributed by atoms with Gasteiger partial charge in [-0.05, 0) is 5.56 Å². The van der Waals surface area contributed by atoms with Crippen molar-refractivity contribution in [2.45, 2.75) is 69.7 Å². The maximum absolute atomic E-state index is 13.0. The Morgan fingerprint density at radius 3 is 1.77 bits per heavy atom. The maximum atomic E-state index is 13.0. The molecule has 0 aromatic heterocycles. The first-order valence-electron chi connectivity index (χ1n) is 16.1. The number of hydrogen-bond acceptors (Lipinski definition) is 7. The van der Waals surface area contributed by atoms with E-state index in [1.54, 1.807) is 0 Å². The van der Waals surface area contributed by atoms with Crippen LogP contribution in [0.2, 0.25) is 0 Å². The van der Waals surface area contributed by atoms with Crippen LogP contribution < -0.4 is 15.4 Å². The van der Waals surface area contributed by atoms with Crippen molar-refractivity contribution in [3.05, 3.63) is 138 Å². The van der Waals surface area contributed by atoms with Gasteiger partial charge in [-0.2, -0.15) is 0 Å². The second-order valence-electron chi connectivity index (χ2n) is 12.7. The Balaban J connectivity index is 1.00. The summed E-state index contributed by atoms with van der Waals surface area (Å²) in [4.78, 5) is 13.0. The molecule has 4 aromatic rings. The summed E-state index contributed by atoms with van der Waals surface area (Å²) in [5, 5.41) is 6.27. The van der Waals surface area contributed by atoms with Crippen LogP contribution >= 0.6 is 7.94 Å². The van der Waals surface area contributed by atoms with Crippen molar-refractivity contribution in [3.63, 3.8) is 0 Å². The molecule has 3 fully saturated rings. The average Bonchev–Trinajstić information content (AvgIpc) is 3.35. The molecular weight excluding hydrogens is 615 g/mol. The van der Waals surface area contributed by atoms with Crippen molar-refractivity contribution < 1.29 is 32.6 Å². The summed E-state index contributed by atoms with van der Waals surface area (Å²) in [7, 11) is -3.09. The van der Waals surface area contributed by atoms with E-state index < -0.39 is 20.0 Å². The van der Waals surface area contributed by atoms with Gasteiger partial charge >= 0.3 is 241 Å². The quantitative estimate of drug-likeness (QED) is 0.171. The van der Waals surface area contributed by atoms with Gasteiger partial charge in [0, 0.05) is 0 Å². The van der Waals surface area contributed by atoms with Crippen LogP contribution in [-0.4, -0.2) is 42.5 Å². The molecule has 3 heterocycles. The summed E-state index contributed by atoms with van der Waals surface area (Å²) < 4.78 is 37.9. The molecule has 0 bridgehead atoms. The Kier molecular flexibility index (Phi) is 9.28. The van der Waals surface area contributed by atoms with Gasteiger partial charge < -0.3 is 0 Å². The topological polar surface area (TPSA) is 96.5 Å². The van der Waals surface area contributed by atoms with Gasteiger partial charge in [0.15, 0.2) is 0 Å². The minimum absolute atomic E-state index is 0.180. The van der Waals surface area contributed by atoms with Crippen LogP contribution in [0.4, 0.5) is 4.79 Å². The number of carbonyl (C=O) groups is 1. The van der Waals surface area contributed by atoms with Gasteiger partial charge in [0.25, 0.3) is 0 Å². The van der Waals surface area contributed by atoms with Crippen LogP contribution in [0.15, 0.2) is 115 Å². The fourth-order valence-corrected chi connectivity index (χ4v) is 8.39. The molecule has 3 aliphatic rings. The van der Waals surface area contributed by atoms with Crippen LogP contribution in [0.5, 0.6) is 5.75 Å². The second-order valence-corrected chi connectivity index (χ2v) is 15.1. The smallest absolute Gasteiger partial charge is 0.0622 e. The number of benzene rings is 4. The van der Waals surface area contributed by atoms with E-state index in [2.05, 4.69) is 22.8 Å². The van der Waals surface area contributed by atoms with Gasteiger partial charge in [0.1, 0.15) is 0 Å². The Morgan fingerprint density at radius 2 is 1.19 bits per heavy atom.